The van der Waals surface area contributed by atoms with E-state index >= 15 is 0 Å². The number of rotatable bonds is 7. The molecular weight excluding hydrogens is 270 g/mol. The van der Waals surface area contributed by atoms with Crippen LogP contribution in [-0.4, -0.2) is 35.7 Å². The van der Waals surface area contributed by atoms with Gasteiger partial charge in [0, 0.05) is 12.1 Å². The van der Waals surface area contributed by atoms with Gasteiger partial charge in [-0.2, -0.15) is 5.10 Å². The average molecular weight is 291 g/mol. The van der Waals surface area contributed by atoms with Gasteiger partial charge in [-0.05, 0) is 30.5 Å². The van der Waals surface area contributed by atoms with Gasteiger partial charge in [-0.3, -0.25) is 0 Å². The molecule has 0 saturated heterocycles. The predicted molar refractivity (Wildman–Crippen MR) is 80.7 cm³/mol. The van der Waals surface area contributed by atoms with Crippen molar-refractivity contribution < 1.29 is 14.6 Å². The van der Waals surface area contributed by atoms with Gasteiger partial charge < -0.3 is 20.3 Å². The Labute approximate surface area is 124 Å². The van der Waals surface area contributed by atoms with E-state index in [2.05, 4.69) is 5.10 Å². The first-order valence-corrected chi connectivity index (χ1v) is 6.81. The van der Waals surface area contributed by atoms with Gasteiger partial charge in [0.05, 0.1) is 33.1 Å². The van der Waals surface area contributed by atoms with Crippen molar-refractivity contribution >= 4 is 5.82 Å². The van der Waals surface area contributed by atoms with Crippen LogP contribution in [-0.2, 0) is 19.4 Å². The van der Waals surface area contributed by atoms with Crippen LogP contribution in [0.2, 0.25) is 0 Å². The van der Waals surface area contributed by atoms with Crippen LogP contribution in [0.3, 0.4) is 0 Å². The summed E-state index contributed by atoms with van der Waals surface area (Å²) in [4.78, 5) is 0. The molecule has 2 rings (SSSR count). The summed E-state index contributed by atoms with van der Waals surface area (Å²) in [6, 6.07) is 7.65. The summed E-state index contributed by atoms with van der Waals surface area (Å²) in [5, 5.41) is 13.3. The standard InChI is InChI=1S/C15H21N3O3/c1-20-13-7-11(8-14(10-13)21-2)3-4-12-9-15(16)18(17-12)5-6-19/h7-10,19H,3-6,16H2,1-2H3. The van der Waals surface area contributed by atoms with E-state index in [1.807, 2.05) is 24.3 Å². The number of nitrogens with zero attached hydrogens (tertiary/aromatic N) is 2. The normalized spacial score (nSPS) is 10.6. The van der Waals surface area contributed by atoms with Gasteiger partial charge in [0.25, 0.3) is 0 Å². The molecule has 6 nitrogen and oxygen atoms in total. The van der Waals surface area contributed by atoms with Crippen molar-refractivity contribution in [1.29, 1.82) is 0 Å². The molecular formula is C15H21N3O3. The van der Waals surface area contributed by atoms with Crippen molar-refractivity contribution in [3.05, 3.63) is 35.5 Å². The number of methoxy groups -OCH3 is 2. The van der Waals surface area contributed by atoms with Crippen LogP contribution < -0.4 is 15.2 Å². The monoisotopic (exact) mass is 291 g/mol. The topological polar surface area (TPSA) is 82.5 Å². The van der Waals surface area contributed by atoms with E-state index in [-0.39, 0.29) is 6.61 Å². The summed E-state index contributed by atoms with van der Waals surface area (Å²) in [6.07, 6.45) is 1.57. The molecule has 0 unspecified atom stereocenters. The molecule has 2 aromatic rings. The van der Waals surface area contributed by atoms with Crippen molar-refractivity contribution in [1.82, 2.24) is 9.78 Å². The zero-order chi connectivity index (χ0) is 15.2. The maximum Gasteiger partial charge on any atom is 0.122 e. The molecule has 0 aliphatic carbocycles. The Balaban J connectivity index is 2.07. The lowest BCUT2D eigenvalue weighted by molar-refractivity contribution is 0.270. The number of aliphatic hydroxyl groups is 1. The number of nitrogens with two attached hydrogens (primary N) is 1. The molecule has 1 aromatic heterocycles. The molecule has 0 atom stereocenters. The van der Waals surface area contributed by atoms with E-state index in [0.717, 1.165) is 35.6 Å². The Morgan fingerprint density at radius 1 is 1.10 bits per heavy atom. The second kappa shape index (κ2) is 6.99. The Bertz CT molecular complexity index is 574. The van der Waals surface area contributed by atoms with Crippen molar-refractivity contribution in [2.24, 2.45) is 0 Å². The maximum atomic E-state index is 8.93. The zero-order valence-corrected chi connectivity index (χ0v) is 12.4. The predicted octanol–water partition coefficient (Wildman–Crippen LogP) is 1.26. The second-order valence-electron chi connectivity index (χ2n) is 4.73. The van der Waals surface area contributed by atoms with Gasteiger partial charge in [0.2, 0.25) is 0 Å². The fourth-order valence-corrected chi connectivity index (χ4v) is 2.17. The molecule has 0 aliphatic rings. The van der Waals surface area contributed by atoms with Gasteiger partial charge in [0.1, 0.15) is 17.3 Å². The molecule has 0 bridgehead atoms. The number of aliphatic hydroxyl groups excluding tert-OH is 1. The Kier molecular flexibility index (Phi) is 5.05. The minimum Gasteiger partial charge on any atom is -0.497 e. The van der Waals surface area contributed by atoms with E-state index < -0.39 is 0 Å². The van der Waals surface area contributed by atoms with E-state index in [1.54, 1.807) is 18.9 Å². The molecule has 0 amide bonds. The van der Waals surface area contributed by atoms with Gasteiger partial charge in [0.15, 0.2) is 0 Å². The summed E-state index contributed by atoms with van der Waals surface area (Å²) >= 11 is 0. The number of ether oxygens (including phenoxy) is 2. The molecule has 6 heteroatoms. The number of anilines is 1. The highest BCUT2D eigenvalue weighted by molar-refractivity contribution is 5.39. The minimum atomic E-state index is 0.0262. The Morgan fingerprint density at radius 2 is 1.76 bits per heavy atom. The van der Waals surface area contributed by atoms with Gasteiger partial charge in [-0.1, -0.05) is 0 Å². The van der Waals surface area contributed by atoms with E-state index in [9.17, 15) is 0 Å². The smallest absolute Gasteiger partial charge is 0.122 e. The molecule has 21 heavy (non-hydrogen) atoms. The van der Waals surface area contributed by atoms with Crippen LogP contribution in [0.1, 0.15) is 11.3 Å². The first-order chi connectivity index (χ1) is 10.2. The van der Waals surface area contributed by atoms with E-state index in [0.29, 0.717) is 12.4 Å². The molecule has 0 saturated carbocycles. The fraction of sp³-hybridized carbons (Fsp3) is 0.400. The van der Waals surface area contributed by atoms with Crippen molar-refractivity contribution in [3.63, 3.8) is 0 Å². The number of aryl methyl sites for hydroxylation is 2. The quantitative estimate of drug-likeness (QED) is 0.802. The first-order valence-electron chi connectivity index (χ1n) is 6.81. The largest absolute Gasteiger partial charge is 0.497 e. The SMILES string of the molecule is COc1cc(CCc2cc(N)n(CCO)n2)cc(OC)c1. The van der Waals surface area contributed by atoms with Crippen LogP contribution in [0, 0.1) is 0 Å². The molecule has 1 heterocycles. The molecule has 114 valence electrons. The van der Waals surface area contributed by atoms with Crippen molar-refractivity contribution in [2.75, 3.05) is 26.6 Å². The van der Waals surface area contributed by atoms with Crippen LogP contribution in [0.15, 0.2) is 24.3 Å². The maximum absolute atomic E-state index is 8.93. The minimum absolute atomic E-state index is 0.0262. The highest BCUT2D eigenvalue weighted by Gasteiger charge is 2.07. The first kappa shape index (κ1) is 15.2. The summed E-state index contributed by atoms with van der Waals surface area (Å²) in [5.74, 6) is 2.12. The zero-order valence-electron chi connectivity index (χ0n) is 12.4. The Morgan fingerprint density at radius 3 is 2.33 bits per heavy atom. The van der Waals surface area contributed by atoms with E-state index in [4.69, 9.17) is 20.3 Å². The molecule has 3 N–H and O–H groups in total. The Hall–Kier alpha value is -2.21. The number of benzene rings is 1. The average Bonchev–Trinajstić information content (AvgIpc) is 2.85. The summed E-state index contributed by atoms with van der Waals surface area (Å²) in [7, 11) is 3.27. The number of hydrogen-bond donors (Lipinski definition) is 2. The van der Waals surface area contributed by atoms with Gasteiger partial charge >= 0.3 is 0 Å². The summed E-state index contributed by atoms with van der Waals surface area (Å²) in [5.41, 5.74) is 7.85. The lowest BCUT2D eigenvalue weighted by Crippen LogP contribution is -2.07. The number of aromatic nitrogens is 2. The molecule has 0 radical (unpaired) electrons. The lowest BCUT2D eigenvalue weighted by atomic mass is 10.1. The van der Waals surface area contributed by atoms with Gasteiger partial charge in [-0.25, -0.2) is 4.68 Å². The highest BCUT2D eigenvalue weighted by atomic mass is 16.5. The highest BCUT2D eigenvalue weighted by Crippen LogP contribution is 2.23. The van der Waals surface area contributed by atoms with Crippen molar-refractivity contribution in [3.8, 4) is 11.5 Å². The number of nitrogen functional groups attached to an aromatic ring is 1. The lowest BCUT2D eigenvalue weighted by Gasteiger charge is -2.07. The molecule has 0 fully saturated rings. The third kappa shape index (κ3) is 3.88. The second-order valence-corrected chi connectivity index (χ2v) is 4.73. The molecule has 0 spiro atoms. The van der Waals surface area contributed by atoms with Crippen LogP contribution >= 0.6 is 0 Å². The van der Waals surface area contributed by atoms with Crippen LogP contribution in [0.5, 0.6) is 11.5 Å². The third-order valence-corrected chi connectivity index (χ3v) is 3.25. The third-order valence-electron chi connectivity index (χ3n) is 3.25. The van der Waals surface area contributed by atoms with Crippen molar-refractivity contribution in [2.45, 2.75) is 19.4 Å². The molecule has 1 aromatic carbocycles. The fourth-order valence-electron chi connectivity index (χ4n) is 2.17. The van der Waals surface area contributed by atoms with E-state index in [1.165, 1.54) is 0 Å². The van der Waals surface area contributed by atoms with Gasteiger partial charge in [-0.15, -0.1) is 0 Å². The summed E-state index contributed by atoms with van der Waals surface area (Å²) < 4.78 is 12.1. The summed E-state index contributed by atoms with van der Waals surface area (Å²) in [6.45, 7) is 0.442. The molecule has 0 aliphatic heterocycles. The number of hydrogen-bond acceptors (Lipinski definition) is 5. The van der Waals surface area contributed by atoms with Crippen LogP contribution in [0.25, 0.3) is 0 Å². The van der Waals surface area contributed by atoms with Crippen LogP contribution in [0.4, 0.5) is 5.82 Å².